The fraction of sp³-hybridized carbons (Fsp3) is 0.333. The zero-order valence-electron chi connectivity index (χ0n) is 9.74. The monoisotopic (exact) mass is 252 g/mol. The highest BCUT2D eigenvalue weighted by Gasteiger charge is 2.17. The number of carbonyl (C=O) groups excluding carboxylic acids is 1. The van der Waals surface area contributed by atoms with Gasteiger partial charge in [-0.1, -0.05) is 6.07 Å². The second-order valence-corrected chi connectivity index (χ2v) is 3.89. The Bertz CT molecular complexity index is 563. The lowest BCUT2D eigenvalue weighted by Gasteiger charge is -2.00. The number of hydrogen-bond donors (Lipinski definition) is 0. The molecule has 0 amide bonds. The molecule has 0 aliphatic carbocycles. The third-order valence-electron chi connectivity index (χ3n) is 2.58. The smallest absolute Gasteiger partial charge is 0.358 e. The predicted octanol–water partition coefficient (Wildman–Crippen LogP) is 2.56. The topological polar surface area (TPSA) is 43.6 Å². The van der Waals surface area contributed by atoms with Crippen molar-refractivity contribution in [3.05, 3.63) is 35.3 Å². The van der Waals surface area contributed by atoms with Gasteiger partial charge in [-0.3, -0.25) is 0 Å². The molecule has 90 valence electrons. The van der Waals surface area contributed by atoms with E-state index in [1.807, 2.05) is 29.7 Å². The van der Waals surface area contributed by atoms with Gasteiger partial charge in [-0.2, -0.15) is 0 Å². The van der Waals surface area contributed by atoms with E-state index in [2.05, 4.69) is 4.98 Å². The summed E-state index contributed by atoms with van der Waals surface area (Å²) in [6.45, 7) is 3.95. The Hall–Kier alpha value is -1.55. The Morgan fingerprint density at radius 2 is 2.35 bits per heavy atom. The number of ether oxygens (including phenoxy) is 1. The highest BCUT2D eigenvalue weighted by molar-refractivity contribution is 6.17. The van der Waals surface area contributed by atoms with E-state index in [-0.39, 0.29) is 0 Å². The van der Waals surface area contributed by atoms with Gasteiger partial charge in [-0.05, 0) is 19.9 Å². The zero-order chi connectivity index (χ0) is 12.4. The molecule has 0 radical (unpaired) electrons. The summed E-state index contributed by atoms with van der Waals surface area (Å²) in [5.41, 5.74) is 2.73. The largest absolute Gasteiger partial charge is 0.461 e. The highest BCUT2D eigenvalue weighted by Crippen LogP contribution is 2.17. The molecule has 0 atom stereocenters. The molecule has 0 bridgehead atoms. The van der Waals surface area contributed by atoms with Crippen LogP contribution < -0.4 is 0 Å². The quantitative estimate of drug-likeness (QED) is 0.623. The molecule has 0 aromatic carbocycles. The van der Waals surface area contributed by atoms with Gasteiger partial charge in [0.25, 0.3) is 0 Å². The number of halogens is 1. The van der Waals surface area contributed by atoms with Crippen LogP contribution in [0.25, 0.3) is 5.65 Å². The molecular formula is C12H13ClN2O2. The average Bonchev–Trinajstić information content (AvgIpc) is 2.67. The Labute approximate surface area is 104 Å². The summed E-state index contributed by atoms with van der Waals surface area (Å²) in [6.07, 6.45) is 1.86. The summed E-state index contributed by atoms with van der Waals surface area (Å²) in [5.74, 6) is -0.0301. The van der Waals surface area contributed by atoms with Crippen LogP contribution in [0.4, 0.5) is 0 Å². The molecule has 0 aliphatic rings. The number of hydrogen-bond acceptors (Lipinski definition) is 3. The van der Waals surface area contributed by atoms with Crippen molar-refractivity contribution < 1.29 is 9.53 Å². The standard InChI is InChI=1S/C12H13ClN2O2/c1-3-17-12(16)10-8(2)15-6-4-5-9(7-13)11(15)14-10/h4-6H,3,7H2,1-2H3. The van der Waals surface area contributed by atoms with Crippen molar-refractivity contribution in [3.8, 4) is 0 Å². The van der Waals surface area contributed by atoms with Gasteiger partial charge in [-0.15, -0.1) is 11.6 Å². The minimum Gasteiger partial charge on any atom is -0.461 e. The minimum absolute atomic E-state index is 0.342. The molecule has 17 heavy (non-hydrogen) atoms. The van der Waals surface area contributed by atoms with E-state index in [9.17, 15) is 4.79 Å². The number of fused-ring (bicyclic) bond motifs is 1. The van der Waals surface area contributed by atoms with Crippen LogP contribution in [-0.4, -0.2) is 22.0 Å². The van der Waals surface area contributed by atoms with Crippen molar-refractivity contribution in [2.45, 2.75) is 19.7 Å². The summed E-state index contributed by atoms with van der Waals surface area (Å²) in [6, 6.07) is 3.78. The molecule has 2 heterocycles. The van der Waals surface area contributed by atoms with Crippen LogP contribution in [-0.2, 0) is 10.6 Å². The lowest BCUT2D eigenvalue weighted by molar-refractivity contribution is 0.0519. The molecule has 0 N–H and O–H groups in total. The van der Waals surface area contributed by atoms with Gasteiger partial charge in [-0.25, -0.2) is 9.78 Å². The summed E-state index contributed by atoms with van der Waals surface area (Å²) in [5, 5.41) is 0. The van der Waals surface area contributed by atoms with Crippen molar-refractivity contribution in [2.24, 2.45) is 0 Å². The lowest BCUT2D eigenvalue weighted by atomic mass is 10.3. The number of esters is 1. The normalized spacial score (nSPS) is 10.8. The summed E-state index contributed by atoms with van der Waals surface area (Å²) in [7, 11) is 0. The van der Waals surface area contributed by atoms with Crippen molar-refractivity contribution in [3.63, 3.8) is 0 Å². The van der Waals surface area contributed by atoms with Gasteiger partial charge < -0.3 is 9.14 Å². The van der Waals surface area contributed by atoms with E-state index in [0.717, 1.165) is 11.3 Å². The van der Waals surface area contributed by atoms with Crippen molar-refractivity contribution in [2.75, 3.05) is 6.61 Å². The van der Waals surface area contributed by atoms with Gasteiger partial charge in [0.1, 0.15) is 5.65 Å². The van der Waals surface area contributed by atoms with Crippen LogP contribution in [0.5, 0.6) is 0 Å². The SMILES string of the molecule is CCOC(=O)c1nc2c(CCl)cccn2c1C. The van der Waals surface area contributed by atoms with Crippen LogP contribution in [0, 0.1) is 6.92 Å². The highest BCUT2D eigenvalue weighted by atomic mass is 35.5. The number of carbonyl (C=O) groups is 1. The fourth-order valence-electron chi connectivity index (χ4n) is 1.74. The van der Waals surface area contributed by atoms with E-state index < -0.39 is 5.97 Å². The molecule has 0 aliphatic heterocycles. The molecule has 5 heteroatoms. The Morgan fingerprint density at radius 3 is 3.00 bits per heavy atom. The second-order valence-electron chi connectivity index (χ2n) is 3.63. The summed E-state index contributed by atoms with van der Waals surface area (Å²) >= 11 is 5.84. The lowest BCUT2D eigenvalue weighted by Crippen LogP contribution is -2.06. The van der Waals surface area contributed by atoms with E-state index in [1.54, 1.807) is 6.92 Å². The van der Waals surface area contributed by atoms with E-state index in [4.69, 9.17) is 16.3 Å². The predicted molar refractivity (Wildman–Crippen MR) is 65.4 cm³/mol. The second kappa shape index (κ2) is 4.75. The molecule has 2 aromatic heterocycles. The van der Waals surface area contributed by atoms with Gasteiger partial charge in [0.2, 0.25) is 0 Å². The van der Waals surface area contributed by atoms with Crippen molar-refractivity contribution in [1.82, 2.24) is 9.38 Å². The Morgan fingerprint density at radius 1 is 1.59 bits per heavy atom. The number of aromatic nitrogens is 2. The molecule has 0 fully saturated rings. The molecule has 2 aromatic rings. The maximum atomic E-state index is 11.7. The summed E-state index contributed by atoms with van der Waals surface area (Å²) in [4.78, 5) is 16.0. The molecule has 2 rings (SSSR count). The summed E-state index contributed by atoms with van der Waals surface area (Å²) < 4.78 is 6.82. The minimum atomic E-state index is -0.394. The third-order valence-corrected chi connectivity index (χ3v) is 2.87. The molecule has 0 saturated carbocycles. The zero-order valence-corrected chi connectivity index (χ0v) is 10.5. The van der Waals surface area contributed by atoms with Crippen LogP contribution in [0.1, 0.15) is 28.7 Å². The first kappa shape index (κ1) is 11.9. The van der Waals surface area contributed by atoms with E-state index in [0.29, 0.717) is 23.8 Å². The van der Waals surface area contributed by atoms with E-state index in [1.165, 1.54) is 0 Å². The van der Waals surface area contributed by atoms with Crippen LogP contribution in [0.15, 0.2) is 18.3 Å². The maximum Gasteiger partial charge on any atom is 0.358 e. The van der Waals surface area contributed by atoms with Crippen LogP contribution in [0.3, 0.4) is 0 Å². The van der Waals surface area contributed by atoms with Crippen LogP contribution in [0.2, 0.25) is 0 Å². The van der Waals surface area contributed by atoms with Crippen molar-refractivity contribution in [1.29, 1.82) is 0 Å². The molecule has 0 spiro atoms. The first-order chi connectivity index (χ1) is 8.19. The van der Waals surface area contributed by atoms with Gasteiger partial charge >= 0.3 is 5.97 Å². The van der Waals surface area contributed by atoms with Crippen LogP contribution >= 0.6 is 11.6 Å². The number of rotatable bonds is 3. The molecule has 0 unspecified atom stereocenters. The number of pyridine rings is 1. The molecule has 4 nitrogen and oxygen atoms in total. The number of aryl methyl sites for hydroxylation is 1. The third kappa shape index (κ3) is 2.00. The van der Waals surface area contributed by atoms with Crippen molar-refractivity contribution >= 4 is 23.2 Å². The Balaban J connectivity index is 2.60. The first-order valence-electron chi connectivity index (χ1n) is 5.38. The first-order valence-corrected chi connectivity index (χ1v) is 5.92. The fourth-order valence-corrected chi connectivity index (χ4v) is 1.95. The molecule has 0 saturated heterocycles. The number of nitrogens with zero attached hydrogens (tertiary/aromatic N) is 2. The number of alkyl halides is 1. The van der Waals surface area contributed by atoms with E-state index >= 15 is 0 Å². The molecular weight excluding hydrogens is 240 g/mol. The Kier molecular flexibility index (Phi) is 3.33. The van der Waals surface area contributed by atoms with Gasteiger partial charge in [0, 0.05) is 11.8 Å². The van der Waals surface area contributed by atoms with Gasteiger partial charge in [0.05, 0.1) is 18.2 Å². The van der Waals surface area contributed by atoms with Gasteiger partial charge in [0.15, 0.2) is 5.69 Å². The number of imidazole rings is 1. The maximum absolute atomic E-state index is 11.7. The average molecular weight is 253 g/mol.